The summed E-state index contributed by atoms with van der Waals surface area (Å²) in [6.45, 7) is 0. The number of Topliss-reactive ketones (excluding diaryl/α,β-unsaturated/α-hetero) is 1. The summed E-state index contributed by atoms with van der Waals surface area (Å²) < 4.78 is 0. The summed E-state index contributed by atoms with van der Waals surface area (Å²) in [6, 6.07) is 11.0. The Kier molecular flexibility index (Phi) is 4.26. The van der Waals surface area contributed by atoms with Crippen molar-refractivity contribution in [2.75, 3.05) is 0 Å². The molecule has 18 heavy (non-hydrogen) atoms. The molecular weight excluding hydrogens is 246 g/mol. The Balaban J connectivity index is 2.00. The number of hydrogen-bond acceptors (Lipinski definition) is 2. The minimum atomic E-state index is 0.0476. The molecule has 0 aliphatic carbocycles. The summed E-state index contributed by atoms with van der Waals surface area (Å²) in [5.41, 5.74) is 1.54. The van der Waals surface area contributed by atoms with Gasteiger partial charge in [0.25, 0.3) is 0 Å². The van der Waals surface area contributed by atoms with Crippen LogP contribution in [-0.4, -0.2) is 10.8 Å². The van der Waals surface area contributed by atoms with E-state index < -0.39 is 0 Å². The third kappa shape index (κ3) is 3.28. The summed E-state index contributed by atoms with van der Waals surface area (Å²) in [4.78, 5) is 15.7. The lowest BCUT2D eigenvalue weighted by Gasteiger charge is -1.97. The van der Waals surface area contributed by atoms with Gasteiger partial charge in [0.15, 0.2) is 5.78 Å². The molecular formula is C15H12ClNO. The first-order valence-electron chi connectivity index (χ1n) is 5.61. The first-order chi connectivity index (χ1) is 8.77. The van der Waals surface area contributed by atoms with Crippen molar-refractivity contribution in [3.05, 3.63) is 71.0 Å². The Bertz CT molecular complexity index is 564. The maximum absolute atomic E-state index is 11.8. The Morgan fingerprint density at radius 3 is 2.78 bits per heavy atom. The Morgan fingerprint density at radius 1 is 1.22 bits per heavy atom. The van der Waals surface area contributed by atoms with Gasteiger partial charge in [0.05, 0.1) is 0 Å². The van der Waals surface area contributed by atoms with Gasteiger partial charge in [-0.05, 0) is 23.8 Å². The van der Waals surface area contributed by atoms with Crippen LogP contribution in [0.1, 0.15) is 22.3 Å². The van der Waals surface area contributed by atoms with Crippen molar-refractivity contribution >= 4 is 23.5 Å². The molecule has 1 heterocycles. The summed E-state index contributed by atoms with van der Waals surface area (Å²) >= 11 is 6.01. The highest BCUT2D eigenvalue weighted by atomic mass is 35.5. The molecule has 0 spiro atoms. The van der Waals surface area contributed by atoms with Gasteiger partial charge in [-0.15, -0.1) is 0 Å². The molecule has 0 radical (unpaired) electrons. The summed E-state index contributed by atoms with van der Waals surface area (Å²) in [7, 11) is 0. The van der Waals surface area contributed by atoms with E-state index in [1.807, 2.05) is 36.4 Å². The van der Waals surface area contributed by atoms with Crippen LogP contribution < -0.4 is 0 Å². The normalized spacial score (nSPS) is 10.7. The zero-order valence-electron chi connectivity index (χ0n) is 9.71. The van der Waals surface area contributed by atoms with Crippen molar-refractivity contribution in [1.29, 1.82) is 0 Å². The molecule has 0 saturated carbocycles. The predicted molar refractivity (Wildman–Crippen MR) is 73.7 cm³/mol. The molecule has 0 atom stereocenters. The van der Waals surface area contributed by atoms with E-state index in [9.17, 15) is 4.79 Å². The van der Waals surface area contributed by atoms with Gasteiger partial charge in [-0.1, -0.05) is 42.0 Å². The van der Waals surface area contributed by atoms with Crippen LogP contribution in [0.25, 0.3) is 6.08 Å². The molecule has 0 N–H and O–H groups in total. The predicted octanol–water partition coefficient (Wildman–Crippen LogP) is 4.02. The standard InChI is InChI=1S/C15H12ClNO/c16-14-8-2-1-5-12(14)6-3-9-15(18)13-7-4-10-17-11-13/h1-8,10-11H,9H2/b6-3+. The number of rotatable bonds is 4. The maximum Gasteiger partial charge on any atom is 0.168 e. The molecule has 0 amide bonds. The van der Waals surface area contributed by atoms with Crippen LogP contribution in [0.5, 0.6) is 0 Å². The SMILES string of the molecule is O=C(C/C=C/c1ccccc1Cl)c1cccnc1. The topological polar surface area (TPSA) is 30.0 Å². The highest BCUT2D eigenvalue weighted by Crippen LogP contribution is 2.16. The van der Waals surface area contributed by atoms with Crippen molar-refractivity contribution in [1.82, 2.24) is 4.98 Å². The van der Waals surface area contributed by atoms with Crippen molar-refractivity contribution in [3.8, 4) is 0 Å². The van der Waals surface area contributed by atoms with Gasteiger partial charge in [-0.3, -0.25) is 9.78 Å². The molecule has 1 aromatic heterocycles. The van der Waals surface area contributed by atoms with Crippen LogP contribution in [0.15, 0.2) is 54.9 Å². The Hall–Kier alpha value is -1.93. The lowest BCUT2D eigenvalue weighted by atomic mass is 10.1. The van der Waals surface area contributed by atoms with E-state index in [1.165, 1.54) is 0 Å². The van der Waals surface area contributed by atoms with Crippen LogP contribution in [0, 0.1) is 0 Å². The number of hydrogen-bond donors (Lipinski definition) is 0. The smallest absolute Gasteiger partial charge is 0.168 e. The van der Waals surface area contributed by atoms with E-state index in [-0.39, 0.29) is 5.78 Å². The molecule has 3 heteroatoms. The molecule has 2 aromatic rings. The van der Waals surface area contributed by atoms with E-state index in [1.54, 1.807) is 24.5 Å². The van der Waals surface area contributed by atoms with Crippen LogP contribution in [0.3, 0.4) is 0 Å². The summed E-state index contributed by atoms with van der Waals surface area (Å²) in [5.74, 6) is 0.0476. The van der Waals surface area contributed by atoms with Gasteiger partial charge in [0.2, 0.25) is 0 Å². The van der Waals surface area contributed by atoms with Crippen LogP contribution in [0.4, 0.5) is 0 Å². The number of ketones is 1. The zero-order valence-corrected chi connectivity index (χ0v) is 10.5. The molecule has 0 fully saturated rings. The largest absolute Gasteiger partial charge is 0.294 e. The number of carbonyl (C=O) groups excluding carboxylic acids is 1. The third-order valence-electron chi connectivity index (χ3n) is 2.49. The molecule has 0 aliphatic heterocycles. The fourth-order valence-corrected chi connectivity index (χ4v) is 1.75. The van der Waals surface area contributed by atoms with Crippen LogP contribution >= 0.6 is 11.6 Å². The summed E-state index contributed by atoms with van der Waals surface area (Å²) in [5, 5.41) is 0.683. The first-order valence-corrected chi connectivity index (χ1v) is 5.99. The van der Waals surface area contributed by atoms with Gasteiger partial charge in [-0.2, -0.15) is 0 Å². The number of carbonyl (C=O) groups is 1. The molecule has 90 valence electrons. The highest BCUT2D eigenvalue weighted by molar-refractivity contribution is 6.32. The van der Waals surface area contributed by atoms with Crippen molar-refractivity contribution in [2.24, 2.45) is 0 Å². The van der Waals surface area contributed by atoms with Gasteiger partial charge >= 0.3 is 0 Å². The van der Waals surface area contributed by atoms with Crippen molar-refractivity contribution in [3.63, 3.8) is 0 Å². The number of halogens is 1. The molecule has 2 rings (SSSR count). The summed E-state index contributed by atoms with van der Waals surface area (Å²) in [6.07, 6.45) is 7.24. The number of nitrogens with zero attached hydrogens (tertiary/aromatic N) is 1. The van der Waals surface area contributed by atoms with Gasteiger partial charge in [0, 0.05) is 29.4 Å². The minimum absolute atomic E-state index is 0.0476. The van der Waals surface area contributed by atoms with E-state index in [0.717, 1.165) is 5.56 Å². The first kappa shape index (κ1) is 12.5. The van der Waals surface area contributed by atoms with Gasteiger partial charge < -0.3 is 0 Å². The van der Waals surface area contributed by atoms with E-state index in [0.29, 0.717) is 17.0 Å². The Labute approximate surface area is 111 Å². The third-order valence-corrected chi connectivity index (χ3v) is 2.83. The zero-order chi connectivity index (χ0) is 12.8. The lowest BCUT2D eigenvalue weighted by Crippen LogP contribution is -1.96. The van der Waals surface area contributed by atoms with Crippen LogP contribution in [0.2, 0.25) is 5.02 Å². The van der Waals surface area contributed by atoms with Crippen molar-refractivity contribution in [2.45, 2.75) is 6.42 Å². The number of allylic oxidation sites excluding steroid dienone is 1. The molecule has 0 unspecified atom stereocenters. The van der Waals surface area contributed by atoms with Gasteiger partial charge in [0.1, 0.15) is 0 Å². The van der Waals surface area contributed by atoms with Crippen LogP contribution in [-0.2, 0) is 0 Å². The van der Waals surface area contributed by atoms with Crippen molar-refractivity contribution < 1.29 is 4.79 Å². The molecule has 2 nitrogen and oxygen atoms in total. The molecule has 1 aromatic carbocycles. The fourth-order valence-electron chi connectivity index (χ4n) is 1.55. The average molecular weight is 258 g/mol. The second kappa shape index (κ2) is 6.12. The van der Waals surface area contributed by atoms with E-state index in [2.05, 4.69) is 4.98 Å². The second-order valence-corrected chi connectivity index (χ2v) is 4.20. The average Bonchev–Trinajstić information content (AvgIpc) is 2.42. The van der Waals surface area contributed by atoms with E-state index >= 15 is 0 Å². The second-order valence-electron chi connectivity index (χ2n) is 3.79. The molecule has 0 saturated heterocycles. The van der Waals surface area contributed by atoms with Gasteiger partial charge in [-0.25, -0.2) is 0 Å². The quantitative estimate of drug-likeness (QED) is 0.775. The monoisotopic (exact) mass is 257 g/mol. The lowest BCUT2D eigenvalue weighted by molar-refractivity contribution is 0.0995. The fraction of sp³-hybridized carbons (Fsp3) is 0.0667. The maximum atomic E-state index is 11.8. The molecule has 0 aliphatic rings. The number of benzene rings is 1. The van der Waals surface area contributed by atoms with E-state index in [4.69, 9.17) is 11.6 Å². The number of aromatic nitrogens is 1. The number of pyridine rings is 1. The molecule has 0 bridgehead atoms. The highest BCUT2D eigenvalue weighted by Gasteiger charge is 2.02. The Morgan fingerprint density at radius 2 is 2.06 bits per heavy atom. The minimum Gasteiger partial charge on any atom is -0.294 e.